The summed E-state index contributed by atoms with van der Waals surface area (Å²) >= 11 is 0. The van der Waals surface area contributed by atoms with Crippen LogP contribution < -0.4 is 10.1 Å². The molecule has 1 atom stereocenters. The van der Waals surface area contributed by atoms with Crippen LogP contribution in [-0.4, -0.2) is 23.9 Å². The summed E-state index contributed by atoms with van der Waals surface area (Å²) in [7, 11) is 3.67. The zero-order valence-electron chi connectivity index (χ0n) is 12.9. The highest BCUT2D eigenvalue weighted by molar-refractivity contribution is 5.43. The van der Waals surface area contributed by atoms with Crippen molar-refractivity contribution in [1.82, 2.24) is 15.1 Å². The largest absolute Gasteiger partial charge is 0.493 e. The van der Waals surface area contributed by atoms with Crippen LogP contribution in [0.1, 0.15) is 35.3 Å². The molecule has 0 saturated heterocycles. The maximum absolute atomic E-state index is 5.49. The number of nitrogens with one attached hydrogen (secondary N) is 1. The van der Waals surface area contributed by atoms with Crippen molar-refractivity contribution in [3.05, 3.63) is 46.8 Å². The van der Waals surface area contributed by atoms with Crippen molar-refractivity contribution in [1.29, 1.82) is 0 Å². The Bertz CT molecular complexity index is 548. The Morgan fingerprint density at radius 3 is 2.45 bits per heavy atom. The number of methoxy groups -OCH3 is 1. The van der Waals surface area contributed by atoms with E-state index >= 15 is 0 Å². The number of ether oxygens (including phenoxy) is 1. The van der Waals surface area contributed by atoms with Crippen molar-refractivity contribution in [3.8, 4) is 5.75 Å². The highest BCUT2D eigenvalue weighted by atomic mass is 16.5. The van der Waals surface area contributed by atoms with Crippen molar-refractivity contribution >= 4 is 0 Å². The van der Waals surface area contributed by atoms with Gasteiger partial charge in [-0.25, -0.2) is 0 Å². The van der Waals surface area contributed by atoms with E-state index in [1.807, 2.05) is 11.7 Å². The number of aryl methyl sites for hydroxylation is 3. The first-order valence-electron chi connectivity index (χ1n) is 6.97. The second kappa shape index (κ2) is 6.09. The molecule has 2 rings (SSSR count). The molecule has 0 amide bonds. The third kappa shape index (κ3) is 2.43. The van der Waals surface area contributed by atoms with Gasteiger partial charge in [0.2, 0.25) is 0 Å². The average molecular weight is 273 g/mol. The quantitative estimate of drug-likeness (QED) is 0.910. The maximum atomic E-state index is 5.49. The van der Waals surface area contributed by atoms with Gasteiger partial charge in [0.1, 0.15) is 5.69 Å². The Morgan fingerprint density at radius 1 is 1.30 bits per heavy atom. The molecule has 0 aliphatic rings. The lowest BCUT2D eigenvalue weighted by Gasteiger charge is -2.23. The minimum Gasteiger partial charge on any atom is -0.493 e. The van der Waals surface area contributed by atoms with Crippen LogP contribution in [0.4, 0.5) is 0 Å². The standard InChI is InChI=1S/C16H23N3O/c1-6-19-16(13(20-5)10-18-19)15(17-4)14-11(2)8-7-9-12(14)3/h7-10,15,17H,6H2,1-5H3. The van der Waals surface area contributed by atoms with Crippen LogP contribution in [0.2, 0.25) is 0 Å². The van der Waals surface area contributed by atoms with E-state index in [1.165, 1.54) is 16.7 Å². The summed E-state index contributed by atoms with van der Waals surface area (Å²) in [6.45, 7) is 7.20. The van der Waals surface area contributed by atoms with Crippen LogP contribution in [0.5, 0.6) is 5.75 Å². The highest BCUT2D eigenvalue weighted by Crippen LogP contribution is 2.33. The Hall–Kier alpha value is -1.81. The van der Waals surface area contributed by atoms with E-state index in [1.54, 1.807) is 13.3 Å². The van der Waals surface area contributed by atoms with E-state index in [9.17, 15) is 0 Å². The van der Waals surface area contributed by atoms with Crippen molar-refractivity contribution in [2.24, 2.45) is 0 Å². The van der Waals surface area contributed by atoms with Crippen molar-refractivity contribution < 1.29 is 4.74 Å². The normalized spacial score (nSPS) is 12.4. The topological polar surface area (TPSA) is 39.1 Å². The molecule has 1 unspecified atom stereocenters. The van der Waals surface area contributed by atoms with E-state index < -0.39 is 0 Å². The minimum absolute atomic E-state index is 0.0774. The van der Waals surface area contributed by atoms with E-state index in [0.717, 1.165) is 18.0 Å². The first-order valence-corrected chi connectivity index (χ1v) is 6.97. The lowest BCUT2D eigenvalue weighted by atomic mass is 9.94. The third-order valence-electron chi connectivity index (χ3n) is 3.76. The average Bonchev–Trinajstić information content (AvgIpc) is 2.85. The van der Waals surface area contributed by atoms with Gasteiger partial charge in [-0.3, -0.25) is 4.68 Å². The molecule has 108 valence electrons. The third-order valence-corrected chi connectivity index (χ3v) is 3.76. The van der Waals surface area contributed by atoms with Gasteiger partial charge in [0.05, 0.1) is 19.3 Å². The van der Waals surface area contributed by atoms with Crippen LogP contribution in [0.3, 0.4) is 0 Å². The second-order valence-electron chi connectivity index (χ2n) is 4.94. The molecule has 0 radical (unpaired) electrons. The van der Waals surface area contributed by atoms with Gasteiger partial charge in [-0.2, -0.15) is 5.10 Å². The molecule has 0 spiro atoms. The zero-order valence-corrected chi connectivity index (χ0v) is 12.9. The van der Waals surface area contributed by atoms with Crippen molar-refractivity contribution in [3.63, 3.8) is 0 Å². The van der Waals surface area contributed by atoms with E-state index in [-0.39, 0.29) is 6.04 Å². The lowest BCUT2D eigenvalue weighted by molar-refractivity contribution is 0.401. The maximum Gasteiger partial charge on any atom is 0.161 e. The SMILES string of the molecule is CCn1ncc(OC)c1C(NC)c1c(C)cccc1C. The van der Waals surface area contributed by atoms with E-state index in [4.69, 9.17) is 4.74 Å². The van der Waals surface area contributed by atoms with Gasteiger partial charge in [-0.1, -0.05) is 18.2 Å². The molecule has 0 aliphatic heterocycles. The molecule has 0 aliphatic carbocycles. The van der Waals surface area contributed by atoms with Crippen molar-refractivity contribution in [2.75, 3.05) is 14.2 Å². The summed E-state index contributed by atoms with van der Waals surface area (Å²) < 4.78 is 7.48. The van der Waals surface area contributed by atoms with Crippen LogP contribution in [0, 0.1) is 13.8 Å². The molecule has 4 nitrogen and oxygen atoms in total. The summed E-state index contributed by atoms with van der Waals surface area (Å²) in [6.07, 6.45) is 1.79. The number of nitrogens with zero attached hydrogens (tertiary/aromatic N) is 2. The molecule has 0 saturated carbocycles. The van der Waals surface area contributed by atoms with Gasteiger partial charge >= 0.3 is 0 Å². The lowest BCUT2D eigenvalue weighted by Crippen LogP contribution is -2.23. The molecule has 4 heteroatoms. The van der Waals surface area contributed by atoms with Crippen LogP contribution in [0.15, 0.2) is 24.4 Å². The van der Waals surface area contributed by atoms with Gasteiger partial charge in [0.25, 0.3) is 0 Å². The predicted molar refractivity (Wildman–Crippen MR) is 81.3 cm³/mol. The Labute approximate surface area is 120 Å². The molecule has 1 aromatic heterocycles. The van der Waals surface area contributed by atoms with Crippen LogP contribution in [-0.2, 0) is 6.54 Å². The number of hydrogen-bond donors (Lipinski definition) is 1. The molecular weight excluding hydrogens is 250 g/mol. The molecular formula is C16H23N3O. The number of hydrogen-bond acceptors (Lipinski definition) is 3. The summed E-state index contributed by atoms with van der Waals surface area (Å²) in [4.78, 5) is 0. The Balaban J connectivity index is 2.61. The number of benzene rings is 1. The minimum atomic E-state index is 0.0774. The van der Waals surface area contributed by atoms with Gasteiger partial charge in [-0.05, 0) is 44.5 Å². The molecule has 0 fully saturated rings. The molecule has 1 aromatic carbocycles. The highest BCUT2D eigenvalue weighted by Gasteiger charge is 2.24. The molecule has 1 N–H and O–H groups in total. The second-order valence-corrected chi connectivity index (χ2v) is 4.94. The first-order chi connectivity index (χ1) is 9.63. The summed E-state index contributed by atoms with van der Waals surface area (Å²) in [5.41, 5.74) is 4.92. The van der Waals surface area contributed by atoms with Crippen molar-refractivity contribution in [2.45, 2.75) is 33.4 Å². The molecule has 2 aromatic rings. The fourth-order valence-electron chi connectivity index (χ4n) is 2.78. The summed E-state index contributed by atoms with van der Waals surface area (Å²) in [5, 5.41) is 7.82. The predicted octanol–water partition coefficient (Wildman–Crippen LogP) is 2.84. The smallest absolute Gasteiger partial charge is 0.161 e. The van der Waals surface area contributed by atoms with E-state index in [0.29, 0.717) is 0 Å². The van der Waals surface area contributed by atoms with E-state index in [2.05, 4.69) is 49.4 Å². The molecule has 20 heavy (non-hydrogen) atoms. The fourth-order valence-corrected chi connectivity index (χ4v) is 2.78. The monoisotopic (exact) mass is 273 g/mol. The zero-order chi connectivity index (χ0) is 14.7. The van der Waals surface area contributed by atoms with Gasteiger partial charge < -0.3 is 10.1 Å². The van der Waals surface area contributed by atoms with Crippen LogP contribution >= 0.6 is 0 Å². The van der Waals surface area contributed by atoms with Crippen LogP contribution in [0.25, 0.3) is 0 Å². The summed E-state index contributed by atoms with van der Waals surface area (Å²) in [5.74, 6) is 0.828. The van der Waals surface area contributed by atoms with Gasteiger partial charge in [0.15, 0.2) is 5.75 Å². The van der Waals surface area contributed by atoms with Gasteiger partial charge in [0, 0.05) is 6.54 Å². The molecule has 1 heterocycles. The molecule has 0 bridgehead atoms. The number of aromatic nitrogens is 2. The Morgan fingerprint density at radius 2 is 1.95 bits per heavy atom. The summed E-state index contributed by atoms with van der Waals surface area (Å²) in [6, 6.07) is 6.46. The Kier molecular flexibility index (Phi) is 4.45. The first kappa shape index (κ1) is 14.6. The van der Waals surface area contributed by atoms with Gasteiger partial charge in [-0.15, -0.1) is 0 Å². The number of rotatable bonds is 5. The fraction of sp³-hybridized carbons (Fsp3) is 0.438.